The van der Waals surface area contributed by atoms with Crippen LogP contribution in [0.25, 0.3) is 0 Å². The molecule has 0 aliphatic heterocycles. The van der Waals surface area contributed by atoms with E-state index in [-0.39, 0.29) is 5.92 Å². The van der Waals surface area contributed by atoms with Crippen molar-refractivity contribution in [1.29, 1.82) is 0 Å². The van der Waals surface area contributed by atoms with Gasteiger partial charge in [-0.05, 0) is 68.9 Å². The lowest BCUT2D eigenvalue weighted by molar-refractivity contribution is -0.112. The number of ether oxygens (including phenoxy) is 2. The van der Waals surface area contributed by atoms with Crippen LogP contribution in [0.15, 0.2) is 23.3 Å². The van der Waals surface area contributed by atoms with E-state index in [1.807, 2.05) is 6.92 Å². The Morgan fingerprint density at radius 2 is 1.44 bits per heavy atom. The maximum absolute atomic E-state index is 10.5. The van der Waals surface area contributed by atoms with Gasteiger partial charge in [0.05, 0.1) is 18.8 Å². The fraction of sp³-hybridized carbons (Fsp3) is 0.786. The zero-order chi connectivity index (χ0) is 23.4. The third-order valence-corrected chi connectivity index (χ3v) is 6.21. The van der Waals surface area contributed by atoms with Gasteiger partial charge in [-0.25, -0.2) is 0 Å². The van der Waals surface area contributed by atoms with Crippen LogP contribution < -0.4 is 0 Å². The molecule has 0 saturated heterocycles. The van der Waals surface area contributed by atoms with E-state index in [0.29, 0.717) is 25.2 Å². The quantitative estimate of drug-likeness (QED) is 0.135. The van der Waals surface area contributed by atoms with Gasteiger partial charge in [0.15, 0.2) is 0 Å². The molecule has 2 rings (SSSR count). The smallest absolute Gasteiger partial charge is 0.125 e. The molecule has 3 atom stereocenters. The number of hydrogen-bond donors (Lipinski definition) is 0. The van der Waals surface area contributed by atoms with E-state index in [4.69, 9.17) is 9.47 Å². The molecule has 2 aliphatic rings. The summed E-state index contributed by atoms with van der Waals surface area (Å²) < 4.78 is 11.6. The van der Waals surface area contributed by atoms with E-state index in [0.717, 1.165) is 44.9 Å². The summed E-state index contributed by atoms with van der Waals surface area (Å²) in [6.45, 7) is 7.66. The molecule has 184 valence electrons. The highest BCUT2D eigenvalue weighted by Gasteiger charge is 2.20. The molecule has 0 spiro atoms. The van der Waals surface area contributed by atoms with E-state index in [1.54, 1.807) is 0 Å². The summed E-state index contributed by atoms with van der Waals surface area (Å²) >= 11 is 0. The van der Waals surface area contributed by atoms with Crippen LogP contribution in [-0.4, -0.2) is 38.0 Å². The van der Waals surface area contributed by atoms with Gasteiger partial charge in [0.1, 0.15) is 12.6 Å². The normalized spacial score (nSPS) is 20.8. The van der Waals surface area contributed by atoms with E-state index in [9.17, 15) is 9.59 Å². The van der Waals surface area contributed by atoms with Crippen molar-refractivity contribution in [2.24, 2.45) is 5.92 Å². The van der Waals surface area contributed by atoms with Crippen LogP contribution in [-0.2, 0) is 19.1 Å². The molecule has 4 heteroatoms. The minimum Gasteiger partial charge on any atom is -0.374 e. The maximum atomic E-state index is 10.5. The number of allylic oxidation sites excluding steroid dienone is 2. The molecule has 32 heavy (non-hydrogen) atoms. The molecule has 3 unspecified atom stereocenters. The minimum absolute atomic E-state index is 0.0255. The minimum atomic E-state index is 0.0255. The molecule has 0 N–H and O–H groups in total. The highest BCUT2D eigenvalue weighted by molar-refractivity contribution is 5.52. The van der Waals surface area contributed by atoms with Crippen molar-refractivity contribution in [3.05, 3.63) is 23.3 Å². The summed E-state index contributed by atoms with van der Waals surface area (Å²) in [5.41, 5.74) is 2.96. The molecule has 0 aromatic rings. The van der Waals surface area contributed by atoms with Crippen LogP contribution in [0.1, 0.15) is 111 Å². The van der Waals surface area contributed by atoms with Crippen molar-refractivity contribution < 1.29 is 19.1 Å². The molecule has 0 saturated carbocycles. The molecule has 0 radical (unpaired) electrons. The largest absolute Gasteiger partial charge is 0.374 e. The molecule has 0 fully saturated rings. The van der Waals surface area contributed by atoms with Gasteiger partial charge in [0.2, 0.25) is 0 Å². The zero-order valence-corrected chi connectivity index (χ0v) is 21.0. The van der Waals surface area contributed by atoms with Gasteiger partial charge in [0, 0.05) is 18.9 Å². The van der Waals surface area contributed by atoms with Crippen LogP contribution in [0, 0.1) is 5.92 Å². The molecule has 0 amide bonds. The first-order valence-electron chi connectivity index (χ1n) is 13.2. The molecular formula is C28H48O4. The lowest BCUT2D eigenvalue weighted by Crippen LogP contribution is -2.17. The highest BCUT2D eigenvalue weighted by atomic mass is 16.5. The summed E-state index contributed by atoms with van der Waals surface area (Å²) in [5, 5.41) is 0. The van der Waals surface area contributed by atoms with Crippen molar-refractivity contribution in [3.63, 3.8) is 0 Å². The molecule has 2 aliphatic carbocycles. The zero-order valence-electron chi connectivity index (χ0n) is 21.0. The Morgan fingerprint density at radius 3 is 1.94 bits per heavy atom. The Bertz CT molecular complexity index is 552. The van der Waals surface area contributed by atoms with Gasteiger partial charge in [-0.1, -0.05) is 58.6 Å². The van der Waals surface area contributed by atoms with Crippen molar-refractivity contribution in [3.8, 4) is 0 Å². The van der Waals surface area contributed by atoms with Gasteiger partial charge in [-0.2, -0.15) is 0 Å². The van der Waals surface area contributed by atoms with Crippen LogP contribution in [0.4, 0.5) is 0 Å². The third-order valence-electron chi connectivity index (χ3n) is 6.21. The molecule has 4 nitrogen and oxygen atoms in total. The Labute approximate surface area is 197 Å². The Kier molecular flexibility index (Phi) is 17.3. The Hall–Kier alpha value is -1.26. The number of hydrogen-bond acceptors (Lipinski definition) is 4. The van der Waals surface area contributed by atoms with Gasteiger partial charge in [-0.15, -0.1) is 0 Å². The number of carbonyl (C=O) groups is 2. The van der Waals surface area contributed by atoms with Gasteiger partial charge >= 0.3 is 0 Å². The van der Waals surface area contributed by atoms with Crippen LogP contribution in [0.3, 0.4) is 0 Å². The van der Waals surface area contributed by atoms with Crippen LogP contribution in [0.2, 0.25) is 0 Å². The lowest BCUT2D eigenvalue weighted by Gasteiger charge is -2.17. The van der Waals surface area contributed by atoms with E-state index in [2.05, 4.69) is 26.0 Å². The van der Waals surface area contributed by atoms with Crippen molar-refractivity contribution in [2.75, 3.05) is 13.2 Å². The van der Waals surface area contributed by atoms with Gasteiger partial charge < -0.3 is 19.1 Å². The van der Waals surface area contributed by atoms with Crippen LogP contribution >= 0.6 is 0 Å². The molecule has 0 aromatic heterocycles. The van der Waals surface area contributed by atoms with Crippen LogP contribution in [0.5, 0.6) is 0 Å². The molecular weight excluding hydrogens is 400 g/mol. The summed E-state index contributed by atoms with van der Waals surface area (Å²) in [4.78, 5) is 20.7. The number of carbonyl (C=O) groups excluding carboxylic acids is 2. The SMILES string of the molecule is CCCCCC1=CCCC1OCC(C)C=O.CCCCCC1=CCCC1OCCCC=O. The Morgan fingerprint density at radius 1 is 0.875 bits per heavy atom. The fourth-order valence-electron chi connectivity index (χ4n) is 4.24. The first-order chi connectivity index (χ1) is 15.7. The van der Waals surface area contributed by atoms with E-state index < -0.39 is 0 Å². The maximum Gasteiger partial charge on any atom is 0.125 e. The van der Waals surface area contributed by atoms with Crippen molar-refractivity contribution in [2.45, 2.75) is 123 Å². The molecule has 0 aromatic carbocycles. The second-order valence-electron chi connectivity index (χ2n) is 9.23. The summed E-state index contributed by atoms with van der Waals surface area (Å²) in [5.74, 6) is 0.0255. The average molecular weight is 449 g/mol. The first-order valence-corrected chi connectivity index (χ1v) is 13.2. The molecule has 0 bridgehead atoms. The monoisotopic (exact) mass is 448 g/mol. The summed E-state index contributed by atoms with van der Waals surface area (Å²) in [6, 6.07) is 0. The lowest BCUT2D eigenvalue weighted by atomic mass is 10.1. The summed E-state index contributed by atoms with van der Waals surface area (Å²) in [6.07, 6.45) is 23.4. The second-order valence-corrected chi connectivity index (χ2v) is 9.23. The third kappa shape index (κ3) is 12.7. The fourth-order valence-corrected chi connectivity index (χ4v) is 4.24. The number of rotatable bonds is 17. The molecule has 0 heterocycles. The summed E-state index contributed by atoms with van der Waals surface area (Å²) in [7, 11) is 0. The van der Waals surface area contributed by atoms with E-state index >= 15 is 0 Å². The predicted octanol–water partition coefficient (Wildman–Crippen LogP) is 7.16. The topological polar surface area (TPSA) is 52.6 Å². The standard InChI is InChI=1S/2C14H24O2/c1-3-4-5-7-13-8-6-9-14(13)16-11-12(2)10-15;1-2-3-4-8-13-9-7-10-14(13)16-12-6-5-11-15/h8,10,12,14H,3-7,9,11H2,1-2H3;9,11,14H,2-8,10,12H2,1H3. The van der Waals surface area contributed by atoms with Gasteiger partial charge in [0.25, 0.3) is 0 Å². The first kappa shape index (κ1) is 28.8. The van der Waals surface area contributed by atoms with Gasteiger partial charge in [-0.3, -0.25) is 0 Å². The Balaban J connectivity index is 0.000000320. The second kappa shape index (κ2) is 19.2. The highest BCUT2D eigenvalue weighted by Crippen LogP contribution is 2.27. The van der Waals surface area contributed by atoms with Crippen molar-refractivity contribution >= 4 is 12.6 Å². The van der Waals surface area contributed by atoms with Crippen molar-refractivity contribution in [1.82, 2.24) is 0 Å². The average Bonchev–Trinajstić information content (AvgIpc) is 3.45. The number of aldehydes is 2. The predicted molar refractivity (Wildman–Crippen MR) is 133 cm³/mol. The number of unbranched alkanes of at least 4 members (excludes halogenated alkanes) is 5. The van der Waals surface area contributed by atoms with E-state index in [1.165, 1.54) is 68.9 Å².